The molecule has 1 N–H and O–H groups in total. The summed E-state index contributed by atoms with van der Waals surface area (Å²) < 4.78 is 23.8. The zero-order valence-corrected chi connectivity index (χ0v) is 12.9. The number of hydrogen-bond donors (Lipinski definition) is 1. The summed E-state index contributed by atoms with van der Waals surface area (Å²) in [7, 11) is 0. The topological polar surface area (TPSA) is 12.0 Å². The molecule has 0 aromatic heterocycles. The Bertz CT molecular complexity index is 231. The number of halogens is 2. The van der Waals surface area contributed by atoms with E-state index in [4.69, 9.17) is 0 Å². The number of nitrogens with one attached hydrogen (secondary N) is 1. The van der Waals surface area contributed by atoms with Crippen molar-refractivity contribution < 1.29 is 8.78 Å². The zero-order chi connectivity index (χ0) is 14.4. The zero-order valence-electron chi connectivity index (χ0n) is 12.9. The standard InChI is InChI=1S/C11H21N.C5H10F2/c1-10-2-4-11(5-3-10)6-8-12-9-7-11;1-3-5(6,7)4-2/h10,12H,2-9H2,1H3;3-4H2,1-2H3. The lowest BCUT2D eigenvalue weighted by Crippen LogP contribution is -2.38. The molecular formula is C16H31F2N. The minimum atomic E-state index is -2.42. The number of hydrogen-bond acceptors (Lipinski definition) is 1. The lowest BCUT2D eigenvalue weighted by atomic mass is 9.66. The van der Waals surface area contributed by atoms with Gasteiger partial charge in [0.15, 0.2) is 0 Å². The Balaban J connectivity index is 0.000000224. The molecule has 114 valence electrons. The quantitative estimate of drug-likeness (QED) is 0.747. The monoisotopic (exact) mass is 275 g/mol. The average molecular weight is 275 g/mol. The molecule has 1 saturated heterocycles. The van der Waals surface area contributed by atoms with E-state index in [2.05, 4.69) is 12.2 Å². The second-order valence-corrected chi connectivity index (χ2v) is 6.50. The third-order valence-corrected chi connectivity index (χ3v) is 5.03. The fourth-order valence-electron chi connectivity index (χ4n) is 3.08. The molecule has 19 heavy (non-hydrogen) atoms. The van der Waals surface area contributed by atoms with Gasteiger partial charge in [-0.15, -0.1) is 0 Å². The Morgan fingerprint density at radius 3 is 1.84 bits per heavy atom. The molecule has 0 atom stereocenters. The predicted molar refractivity (Wildman–Crippen MR) is 77.7 cm³/mol. The normalized spacial score (nSPS) is 23.8. The van der Waals surface area contributed by atoms with Crippen LogP contribution in [0.2, 0.25) is 0 Å². The molecule has 1 aliphatic carbocycles. The van der Waals surface area contributed by atoms with E-state index in [1.807, 2.05) is 0 Å². The van der Waals surface area contributed by atoms with Crippen LogP contribution in [0.3, 0.4) is 0 Å². The van der Waals surface area contributed by atoms with Crippen LogP contribution in [0.4, 0.5) is 8.78 Å². The molecule has 1 aliphatic heterocycles. The highest BCUT2D eigenvalue weighted by molar-refractivity contribution is 4.88. The van der Waals surface area contributed by atoms with Crippen LogP contribution in [0, 0.1) is 11.3 Å². The molecule has 0 unspecified atom stereocenters. The van der Waals surface area contributed by atoms with Crippen molar-refractivity contribution in [2.45, 2.75) is 78.1 Å². The summed E-state index contributed by atoms with van der Waals surface area (Å²) in [5, 5.41) is 3.47. The van der Waals surface area contributed by atoms with E-state index in [0.29, 0.717) is 0 Å². The summed E-state index contributed by atoms with van der Waals surface area (Å²) in [6.07, 6.45) is 8.80. The van der Waals surface area contributed by atoms with Gasteiger partial charge < -0.3 is 5.32 Å². The van der Waals surface area contributed by atoms with Gasteiger partial charge in [0.2, 0.25) is 5.92 Å². The van der Waals surface area contributed by atoms with Gasteiger partial charge in [0.1, 0.15) is 0 Å². The van der Waals surface area contributed by atoms with Crippen molar-refractivity contribution in [3.05, 3.63) is 0 Å². The fraction of sp³-hybridized carbons (Fsp3) is 1.00. The van der Waals surface area contributed by atoms with Crippen LogP contribution < -0.4 is 5.32 Å². The van der Waals surface area contributed by atoms with Gasteiger partial charge in [0, 0.05) is 12.8 Å². The van der Waals surface area contributed by atoms with Gasteiger partial charge in [-0.2, -0.15) is 0 Å². The van der Waals surface area contributed by atoms with E-state index < -0.39 is 5.92 Å². The molecule has 0 aromatic carbocycles. The Morgan fingerprint density at radius 2 is 1.47 bits per heavy atom. The first-order valence-electron chi connectivity index (χ1n) is 8.01. The van der Waals surface area contributed by atoms with Gasteiger partial charge in [-0.3, -0.25) is 0 Å². The first-order valence-corrected chi connectivity index (χ1v) is 8.01. The maximum Gasteiger partial charge on any atom is 0.247 e. The SMILES string of the molecule is CC1CCC2(CCNCC2)CC1.CCC(F)(F)CC. The highest BCUT2D eigenvalue weighted by Crippen LogP contribution is 2.44. The molecule has 2 fully saturated rings. The molecule has 0 amide bonds. The second kappa shape index (κ2) is 7.56. The van der Waals surface area contributed by atoms with Crippen LogP contribution in [-0.2, 0) is 0 Å². The van der Waals surface area contributed by atoms with Crippen molar-refractivity contribution in [1.29, 1.82) is 0 Å². The molecule has 2 rings (SSSR count). The van der Waals surface area contributed by atoms with Crippen molar-refractivity contribution in [2.75, 3.05) is 13.1 Å². The van der Waals surface area contributed by atoms with Gasteiger partial charge in [-0.05, 0) is 50.1 Å². The van der Waals surface area contributed by atoms with Gasteiger partial charge in [0.05, 0.1) is 0 Å². The first kappa shape index (κ1) is 16.9. The van der Waals surface area contributed by atoms with Gasteiger partial charge in [-0.25, -0.2) is 8.78 Å². The Hall–Kier alpha value is -0.180. The third kappa shape index (κ3) is 5.76. The first-order chi connectivity index (χ1) is 8.93. The molecule has 3 heteroatoms. The van der Waals surface area contributed by atoms with Crippen LogP contribution in [-0.4, -0.2) is 19.0 Å². The minimum absolute atomic E-state index is 0.0382. The van der Waals surface area contributed by atoms with Crippen LogP contribution in [0.25, 0.3) is 0 Å². The van der Waals surface area contributed by atoms with Crippen LogP contribution in [0.1, 0.15) is 72.1 Å². The summed E-state index contributed by atoms with van der Waals surface area (Å²) in [4.78, 5) is 0. The van der Waals surface area contributed by atoms with Crippen LogP contribution in [0.15, 0.2) is 0 Å². The lowest BCUT2D eigenvalue weighted by Gasteiger charge is -2.42. The maximum absolute atomic E-state index is 11.9. The van der Waals surface area contributed by atoms with Gasteiger partial charge in [0.25, 0.3) is 0 Å². The van der Waals surface area contributed by atoms with Crippen LogP contribution >= 0.6 is 0 Å². The second-order valence-electron chi connectivity index (χ2n) is 6.50. The summed E-state index contributed by atoms with van der Waals surface area (Å²) in [6.45, 7) is 7.93. The van der Waals surface area contributed by atoms with E-state index in [-0.39, 0.29) is 12.8 Å². The summed E-state index contributed by atoms with van der Waals surface area (Å²) >= 11 is 0. The Kier molecular flexibility index (Phi) is 6.72. The molecule has 1 heterocycles. The number of alkyl halides is 2. The number of piperidine rings is 1. The molecule has 1 saturated carbocycles. The summed E-state index contributed by atoms with van der Waals surface area (Å²) in [5.41, 5.74) is 0.776. The van der Waals surface area contributed by atoms with Crippen molar-refractivity contribution in [2.24, 2.45) is 11.3 Å². The predicted octanol–water partition coefficient (Wildman–Crippen LogP) is 5.01. The fourth-order valence-corrected chi connectivity index (χ4v) is 3.08. The Labute approximate surface area is 117 Å². The molecule has 0 bridgehead atoms. The minimum Gasteiger partial charge on any atom is -0.317 e. The molecule has 1 nitrogen and oxygen atoms in total. The van der Waals surface area contributed by atoms with E-state index in [1.54, 1.807) is 0 Å². The summed E-state index contributed by atoms with van der Waals surface area (Å²) in [5.74, 6) is -1.41. The van der Waals surface area contributed by atoms with E-state index >= 15 is 0 Å². The van der Waals surface area contributed by atoms with Crippen molar-refractivity contribution in [3.63, 3.8) is 0 Å². The number of rotatable bonds is 2. The molecule has 1 spiro atoms. The molecule has 0 aromatic rings. The molecule has 2 aliphatic rings. The molecular weight excluding hydrogens is 244 g/mol. The van der Waals surface area contributed by atoms with Gasteiger partial charge >= 0.3 is 0 Å². The van der Waals surface area contributed by atoms with Crippen molar-refractivity contribution in [3.8, 4) is 0 Å². The van der Waals surface area contributed by atoms with Gasteiger partial charge in [-0.1, -0.05) is 33.6 Å². The van der Waals surface area contributed by atoms with Crippen molar-refractivity contribution >= 4 is 0 Å². The largest absolute Gasteiger partial charge is 0.317 e. The average Bonchev–Trinajstić information content (AvgIpc) is 2.44. The van der Waals surface area contributed by atoms with Crippen molar-refractivity contribution in [1.82, 2.24) is 5.32 Å². The highest BCUT2D eigenvalue weighted by atomic mass is 19.3. The van der Waals surface area contributed by atoms with E-state index in [9.17, 15) is 8.78 Å². The summed E-state index contributed by atoms with van der Waals surface area (Å²) in [6, 6.07) is 0. The highest BCUT2D eigenvalue weighted by Gasteiger charge is 2.34. The molecule has 0 radical (unpaired) electrons. The third-order valence-electron chi connectivity index (χ3n) is 5.03. The van der Waals surface area contributed by atoms with E-state index in [1.165, 1.54) is 65.5 Å². The lowest BCUT2D eigenvalue weighted by molar-refractivity contribution is -0.00646. The van der Waals surface area contributed by atoms with E-state index in [0.717, 1.165) is 11.3 Å². The smallest absolute Gasteiger partial charge is 0.247 e. The van der Waals surface area contributed by atoms with Crippen LogP contribution in [0.5, 0.6) is 0 Å². The Morgan fingerprint density at radius 1 is 1.00 bits per heavy atom. The maximum atomic E-state index is 11.9.